The van der Waals surface area contributed by atoms with Gasteiger partial charge in [0.25, 0.3) is 5.91 Å². The van der Waals surface area contributed by atoms with Gasteiger partial charge < -0.3 is 9.64 Å². The van der Waals surface area contributed by atoms with Gasteiger partial charge in [-0.3, -0.25) is 9.59 Å². The number of amides is 1. The van der Waals surface area contributed by atoms with E-state index in [9.17, 15) is 9.59 Å². The van der Waals surface area contributed by atoms with Crippen molar-refractivity contribution in [2.24, 2.45) is 5.92 Å². The number of carbonyl (C=O) groups excluding carboxylic acids is 2. The molecule has 0 aromatic heterocycles. The van der Waals surface area contributed by atoms with Crippen LogP contribution in [-0.2, 0) is 4.74 Å². The van der Waals surface area contributed by atoms with E-state index < -0.39 is 0 Å². The minimum absolute atomic E-state index is 0.0821. The van der Waals surface area contributed by atoms with Crippen LogP contribution < -0.4 is 0 Å². The van der Waals surface area contributed by atoms with Crippen LogP contribution in [0.3, 0.4) is 0 Å². The van der Waals surface area contributed by atoms with E-state index >= 15 is 0 Å². The summed E-state index contributed by atoms with van der Waals surface area (Å²) in [6.45, 7) is 3.38. The first-order chi connectivity index (χ1) is 12.1. The first-order valence-electron chi connectivity index (χ1n) is 8.62. The lowest BCUT2D eigenvalue weighted by Crippen LogP contribution is -2.45. The summed E-state index contributed by atoms with van der Waals surface area (Å²) in [6, 6.07) is 16.1. The Kier molecular flexibility index (Phi) is 5.29. The molecule has 130 valence electrons. The van der Waals surface area contributed by atoms with Crippen LogP contribution in [0.5, 0.6) is 0 Å². The normalized spacial score (nSPS) is 20.3. The number of ether oxygens (including phenoxy) is 1. The van der Waals surface area contributed by atoms with Gasteiger partial charge in [0.1, 0.15) is 0 Å². The first kappa shape index (κ1) is 17.4. The van der Waals surface area contributed by atoms with Gasteiger partial charge in [0.05, 0.1) is 11.7 Å². The van der Waals surface area contributed by atoms with Crippen molar-refractivity contribution >= 4 is 11.7 Å². The van der Waals surface area contributed by atoms with Crippen molar-refractivity contribution in [2.45, 2.75) is 19.4 Å². The molecular formula is C21H23NO3. The van der Waals surface area contributed by atoms with E-state index in [4.69, 9.17) is 4.74 Å². The number of ketones is 1. The highest BCUT2D eigenvalue weighted by Gasteiger charge is 2.30. The Bertz CT molecular complexity index is 757. The van der Waals surface area contributed by atoms with E-state index in [1.807, 2.05) is 23.1 Å². The lowest BCUT2D eigenvalue weighted by molar-refractivity contribution is 0.00292. The molecule has 4 heteroatoms. The van der Waals surface area contributed by atoms with Crippen LogP contribution in [0, 0.1) is 5.92 Å². The monoisotopic (exact) mass is 337 g/mol. The van der Waals surface area contributed by atoms with Crippen LogP contribution in [0.15, 0.2) is 54.6 Å². The highest BCUT2D eigenvalue weighted by Crippen LogP contribution is 2.23. The Balaban J connectivity index is 1.86. The standard InChI is InChI=1S/C21H23NO3/c1-15-14-22(13-12-19(15)25-2)21(24)18-11-7-6-10-17(18)20(23)16-8-4-3-5-9-16/h3-11,15,19H,12-14H2,1-2H3. The fraction of sp³-hybridized carbons (Fsp3) is 0.333. The summed E-state index contributed by atoms with van der Waals surface area (Å²) in [4.78, 5) is 27.7. The predicted molar refractivity (Wildman–Crippen MR) is 96.8 cm³/mol. The van der Waals surface area contributed by atoms with E-state index in [1.54, 1.807) is 43.5 Å². The third-order valence-corrected chi connectivity index (χ3v) is 4.85. The molecule has 4 nitrogen and oxygen atoms in total. The second-order valence-corrected chi connectivity index (χ2v) is 6.53. The fourth-order valence-corrected chi connectivity index (χ4v) is 3.44. The van der Waals surface area contributed by atoms with Crippen molar-refractivity contribution in [1.82, 2.24) is 4.90 Å². The van der Waals surface area contributed by atoms with Gasteiger partial charge in [-0.1, -0.05) is 55.5 Å². The maximum Gasteiger partial charge on any atom is 0.254 e. The Hall–Kier alpha value is -2.46. The van der Waals surface area contributed by atoms with Gasteiger partial charge in [-0.05, 0) is 18.4 Å². The van der Waals surface area contributed by atoms with E-state index in [1.165, 1.54) is 0 Å². The van der Waals surface area contributed by atoms with Gasteiger partial charge >= 0.3 is 0 Å². The second kappa shape index (κ2) is 7.62. The number of hydrogen-bond donors (Lipinski definition) is 0. The number of piperidine rings is 1. The Morgan fingerprint density at radius 3 is 2.28 bits per heavy atom. The Morgan fingerprint density at radius 2 is 1.64 bits per heavy atom. The van der Waals surface area contributed by atoms with Crippen molar-refractivity contribution in [2.75, 3.05) is 20.2 Å². The van der Waals surface area contributed by atoms with Gasteiger partial charge in [-0.15, -0.1) is 0 Å². The van der Waals surface area contributed by atoms with Gasteiger partial charge in [0.2, 0.25) is 0 Å². The van der Waals surface area contributed by atoms with Gasteiger partial charge in [0.15, 0.2) is 5.78 Å². The fourth-order valence-electron chi connectivity index (χ4n) is 3.44. The van der Waals surface area contributed by atoms with Crippen LogP contribution >= 0.6 is 0 Å². The lowest BCUT2D eigenvalue weighted by atomic mass is 9.94. The molecule has 1 heterocycles. The summed E-state index contributed by atoms with van der Waals surface area (Å²) >= 11 is 0. The van der Waals surface area contributed by atoms with Gasteiger partial charge in [-0.25, -0.2) is 0 Å². The zero-order valence-electron chi connectivity index (χ0n) is 14.6. The van der Waals surface area contributed by atoms with Crippen molar-refractivity contribution in [3.05, 3.63) is 71.3 Å². The number of likely N-dealkylation sites (tertiary alicyclic amines) is 1. The van der Waals surface area contributed by atoms with Crippen LogP contribution in [0.4, 0.5) is 0 Å². The summed E-state index contributed by atoms with van der Waals surface area (Å²) < 4.78 is 5.46. The van der Waals surface area contributed by atoms with Crippen molar-refractivity contribution < 1.29 is 14.3 Å². The number of benzene rings is 2. The third kappa shape index (κ3) is 3.64. The summed E-state index contributed by atoms with van der Waals surface area (Å²) in [5.74, 6) is 0.0744. The SMILES string of the molecule is COC1CCN(C(=O)c2ccccc2C(=O)c2ccccc2)CC1C. The van der Waals surface area contributed by atoms with E-state index in [-0.39, 0.29) is 23.7 Å². The summed E-state index contributed by atoms with van der Waals surface area (Å²) in [6.07, 6.45) is 1.00. The molecule has 2 unspecified atom stereocenters. The minimum Gasteiger partial charge on any atom is -0.381 e. The maximum absolute atomic E-state index is 13.0. The van der Waals surface area contributed by atoms with E-state index in [2.05, 4.69) is 6.92 Å². The molecule has 1 fully saturated rings. The minimum atomic E-state index is -0.121. The molecule has 25 heavy (non-hydrogen) atoms. The molecule has 0 spiro atoms. The smallest absolute Gasteiger partial charge is 0.254 e. The van der Waals surface area contributed by atoms with Crippen LogP contribution in [0.2, 0.25) is 0 Å². The topological polar surface area (TPSA) is 46.6 Å². The first-order valence-corrected chi connectivity index (χ1v) is 8.62. The molecule has 2 atom stereocenters. The van der Waals surface area contributed by atoms with Crippen molar-refractivity contribution in [3.63, 3.8) is 0 Å². The van der Waals surface area contributed by atoms with Crippen LogP contribution in [0.25, 0.3) is 0 Å². The van der Waals surface area contributed by atoms with Gasteiger partial charge in [-0.2, -0.15) is 0 Å². The zero-order chi connectivity index (χ0) is 17.8. The largest absolute Gasteiger partial charge is 0.381 e. The van der Waals surface area contributed by atoms with Crippen LogP contribution in [0.1, 0.15) is 39.6 Å². The van der Waals surface area contributed by atoms with Crippen molar-refractivity contribution in [1.29, 1.82) is 0 Å². The summed E-state index contributed by atoms with van der Waals surface area (Å²) in [7, 11) is 1.71. The summed E-state index contributed by atoms with van der Waals surface area (Å²) in [5.41, 5.74) is 1.52. The number of nitrogens with zero attached hydrogens (tertiary/aromatic N) is 1. The number of hydrogen-bond acceptors (Lipinski definition) is 3. The molecule has 0 aliphatic carbocycles. The molecule has 0 bridgehead atoms. The molecule has 2 aromatic rings. The number of rotatable bonds is 4. The molecule has 1 saturated heterocycles. The van der Waals surface area contributed by atoms with Gasteiger partial charge in [0, 0.05) is 31.3 Å². The molecule has 3 rings (SSSR count). The van der Waals surface area contributed by atoms with Crippen molar-refractivity contribution in [3.8, 4) is 0 Å². The van der Waals surface area contributed by atoms with Crippen LogP contribution in [-0.4, -0.2) is 42.9 Å². The highest BCUT2D eigenvalue weighted by atomic mass is 16.5. The average Bonchev–Trinajstić information content (AvgIpc) is 2.67. The molecule has 0 saturated carbocycles. The molecular weight excluding hydrogens is 314 g/mol. The number of methoxy groups -OCH3 is 1. The molecule has 0 radical (unpaired) electrons. The number of carbonyl (C=O) groups is 2. The average molecular weight is 337 g/mol. The van der Waals surface area contributed by atoms with E-state index in [0.717, 1.165) is 6.42 Å². The quantitative estimate of drug-likeness (QED) is 0.803. The molecule has 2 aromatic carbocycles. The highest BCUT2D eigenvalue weighted by molar-refractivity contribution is 6.15. The summed E-state index contributed by atoms with van der Waals surface area (Å²) in [5, 5.41) is 0. The van der Waals surface area contributed by atoms with E-state index in [0.29, 0.717) is 29.8 Å². The molecule has 0 N–H and O–H groups in total. The molecule has 1 aliphatic heterocycles. The third-order valence-electron chi connectivity index (χ3n) is 4.85. The zero-order valence-corrected chi connectivity index (χ0v) is 14.6. The predicted octanol–water partition coefficient (Wildman–Crippen LogP) is 3.41. The lowest BCUT2D eigenvalue weighted by Gasteiger charge is -2.36. The second-order valence-electron chi connectivity index (χ2n) is 6.53. The maximum atomic E-state index is 13.0. The molecule has 1 aliphatic rings. The molecule has 1 amide bonds. The Labute approximate surface area is 148 Å². The Morgan fingerprint density at radius 1 is 1.00 bits per heavy atom.